The Hall–Kier alpha value is -2.44. The zero-order chi connectivity index (χ0) is 16.9. The maximum absolute atomic E-state index is 11.7. The van der Waals surface area contributed by atoms with Crippen LogP contribution in [-0.2, 0) is 4.79 Å². The molecule has 0 atom stereocenters. The molecule has 2 heterocycles. The first-order valence-electron chi connectivity index (χ1n) is 7.17. The van der Waals surface area contributed by atoms with Gasteiger partial charge in [0.2, 0.25) is 5.88 Å². The smallest absolute Gasteiger partial charge is 0.258 e. The van der Waals surface area contributed by atoms with Crippen LogP contribution in [0.5, 0.6) is 5.88 Å². The molecule has 5 nitrogen and oxygen atoms in total. The molecule has 0 unspecified atom stereocenters. The molecule has 2 aromatic heterocycles. The average molecular weight is 360 g/mol. The van der Waals surface area contributed by atoms with Gasteiger partial charge in [0.05, 0.1) is 5.39 Å². The van der Waals surface area contributed by atoms with Crippen molar-refractivity contribution in [1.29, 1.82) is 0 Å². The molecule has 3 aromatic rings. The second kappa shape index (κ2) is 7.42. The molecule has 24 heavy (non-hydrogen) atoms. The minimum Gasteiger partial charge on any atom is -0.467 e. The Morgan fingerprint density at radius 2 is 2.12 bits per heavy atom. The third-order valence-corrected chi connectivity index (χ3v) is 4.41. The van der Waals surface area contributed by atoms with E-state index in [0.717, 1.165) is 21.3 Å². The third kappa shape index (κ3) is 3.55. The number of halogens is 1. The number of nitrogens with one attached hydrogen (secondary N) is 1. The fourth-order valence-electron chi connectivity index (χ4n) is 2.17. The summed E-state index contributed by atoms with van der Waals surface area (Å²) in [6, 6.07) is 7.51. The molecule has 0 saturated carbocycles. The highest BCUT2D eigenvalue weighted by molar-refractivity contribution is 7.17. The highest BCUT2D eigenvalue weighted by Gasteiger charge is 2.15. The predicted molar refractivity (Wildman–Crippen MR) is 96.6 cm³/mol. The van der Waals surface area contributed by atoms with Gasteiger partial charge >= 0.3 is 0 Å². The van der Waals surface area contributed by atoms with Gasteiger partial charge in [0.15, 0.2) is 6.61 Å². The van der Waals surface area contributed by atoms with Gasteiger partial charge in [0.1, 0.15) is 11.2 Å². The summed E-state index contributed by atoms with van der Waals surface area (Å²) in [6.45, 7) is 3.84. The van der Waals surface area contributed by atoms with Crippen molar-refractivity contribution in [3.8, 4) is 17.0 Å². The summed E-state index contributed by atoms with van der Waals surface area (Å²) in [5.41, 5.74) is 1.94. The molecule has 1 N–H and O–H groups in total. The van der Waals surface area contributed by atoms with Gasteiger partial charge in [-0.2, -0.15) is 0 Å². The summed E-state index contributed by atoms with van der Waals surface area (Å²) in [5.74, 6) is 0.157. The van der Waals surface area contributed by atoms with Gasteiger partial charge in [-0.3, -0.25) is 4.79 Å². The maximum Gasteiger partial charge on any atom is 0.258 e. The van der Waals surface area contributed by atoms with Crippen LogP contribution < -0.4 is 10.1 Å². The van der Waals surface area contributed by atoms with Crippen LogP contribution in [0.25, 0.3) is 21.3 Å². The van der Waals surface area contributed by atoms with Crippen LogP contribution in [0.1, 0.15) is 0 Å². The predicted octanol–water partition coefficient (Wildman–Crippen LogP) is 3.69. The van der Waals surface area contributed by atoms with Gasteiger partial charge in [0.25, 0.3) is 5.91 Å². The first-order chi connectivity index (χ1) is 11.7. The largest absolute Gasteiger partial charge is 0.467 e. The van der Waals surface area contributed by atoms with Gasteiger partial charge in [0, 0.05) is 22.5 Å². The Morgan fingerprint density at radius 3 is 2.88 bits per heavy atom. The van der Waals surface area contributed by atoms with Crippen molar-refractivity contribution >= 4 is 39.1 Å². The lowest BCUT2D eigenvalue weighted by Gasteiger charge is -2.08. The molecule has 1 amide bonds. The zero-order valence-electron chi connectivity index (χ0n) is 12.7. The van der Waals surface area contributed by atoms with Crippen molar-refractivity contribution in [3.63, 3.8) is 0 Å². The van der Waals surface area contributed by atoms with Crippen molar-refractivity contribution in [3.05, 3.63) is 53.7 Å². The van der Waals surface area contributed by atoms with Gasteiger partial charge < -0.3 is 10.1 Å². The third-order valence-electron chi connectivity index (χ3n) is 3.27. The van der Waals surface area contributed by atoms with Gasteiger partial charge in [-0.05, 0) is 17.7 Å². The highest BCUT2D eigenvalue weighted by atomic mass is 35.5. The zero-order valence-corrected chi connectivity index (χ0v) is 14.2. The molecule has 0 aliphatic carbocycles. The number of carbonyl (C=O) groups excluding carboxylic acids is 1. The number of thiophene rings is 1. The average Bonchev–Trinajstić information content (AvgIpc) is 3.03. The first kappa shape index (κ1) is 16.4. The summed E-state index contributed by atoms with van der Waals surface area (Å²) in [7, 11) is 0. The Balaban J connectivity index is 1.91. The van der Waals surface area contributed by atoms with Crippen molar-refractivity contribution in [2.45, 2.75) is 0 Å². The molecular formula is C17H14ClN3O2S. The van der Waals surface area contributed by atoms with E-state index in [-0.39, 0.29) is 12.5 Å². The van der Waals surface area contributed by atoms with Gasteiger partial charge in [-0.15, -0.1) is 17.9 Å². The minimum atomic E-state index is -0.232. The number of carbonyl (C=O) groups is 1. The van der Waals surface area contributed by atoms with E-state index in [1.807, 2.05) is 29.6 Å². The van der Waals surface area contributed by atoms with E-state index in [4.69, 9.17) is 16.3 Å². The Morgan fingerprint density at radius 1 is 1.33 bits per heavy atom. The van der Waals surface area contributed by atoms with Crippen LogP contribution in [0.15, 0.2) is 48.6 Å². The number of aromatic nitrogens is 2. The van der Waals surface area contributed by atoms with Crippen LogP contribution in [-0.4, -0.2) is 29.0 Å². The molecule has 0 bridgehead atoms. The first-order valence-corrected chi connectivity index (χ1v) is 8.43. The molecule has 3 rings (SSSR count). The molecule has 7 heteroatoms. The van der Waals surface area contributed by atoms with E-state index >= 15 is 0 Å². The second-order valence-electron chi connectivity index (χ2n) is 4.90. The van der Waals surface area contributed by atoms with Crippen LogP contribution in [0.4, 0.5) is 0 Å². The lowest BCUT2D eigenvalue weighted by molar-refractivity contribution is -0.122. The Bertz CT molecular complexity index is 877. The van der Waals surface area contributed by atoms with Crippen molar-refractivity contribution in [2.75, 3.05) is 13.2 Å². The summed E-state index contributed by atoms with van der Waals surface area (Å²) in [6.07, 6.45) is 3.04. The highest BCUT2D eigenvalue weighted by Crippen LogP contribution is 2.37. The lowest BCUT2D eigenvalue weighted by Crippen LogP contribution is -2.29. The molecular weight excluding hydrogens is 346 g/mol. The number of ether oxygens (including phenoxy) is 1. The Labute approximate surface area is 148 Å². The number of amides is 1. The summed E-state index contributed by atoms with van der Waals surface area (Å²) in [5, 5.41) is 6.12. The minimum absolute atomic E-state index is 0.115. The van der Waals surface area contributed by atoms with Crippen molar-refractivity contribution in [2.24, 2.45) is 0 Å². The molecule has 122 valence electrons. The number of rotatable bonds is 6. The lowest BCUT2D eigenvalue weighted by atomic mass is 10.1. The summed E-state index contributed by atoms with van der Waals surface area (Å²) < 4.78 is 5.61. The van der Waals surface area contributed by atoms with Crippen LogP contribution in [0, 0.1) is 0 Å². The van der Waals surface area contributed by atoms with E-state index in [1.165, 1.54) is 17.7 Å². The second-order valence-corrected chi connectivity index (χ2v) is 6.19. The Kier molecular flexibility index (Phi) is 5.08. The monoisotopic (exact) mass is 359 g/mol. The van der Waals surface area contributed by atoms with E-state index < -0.39 is 0 Å². The normalized spacial score (nSPS) is 10.5. The van der Waals surface area contributed by atoms with E-state index in [1.54, 1.807) is 6.08 Å². The van der Waals surface area contributed by atoms with Crippen LogP contribution >= 0.6 is 22.9 Å². The SMILES string of the molecule is C=CCNC(=O)COc1ncnc2scc(-c3ccc(Cl)cc3)c12. The van der Waals surface area contributed by atoms with Gasteiger partial charge in [-0.25, -0.2) is 9.97 Å². The molecule has 0 aliphatic heterocycles. The molecule has 0 saturated heterocycles. The van der Waals surface area contributed by atoms with Crippen molar-refractivity contribution < 1.29 is 9.53 Å². The summed E-state index contributed by atoms with van der Waals surface area (Å²) >= 11 is 7.45. The number of hydrogen-bond acceptors (Lipinski definition) is 5. The van der Waals surface area contributed by atoms with E-state index in [0.29, 0.717) is 17.4 Å². The van der Waals surface area contributed by atoms with Gasteiger partial charge in [-0.1, -0.05) is 29.8 Å². The van der Waals surface area contributed by atoms with Crippen molar-refractivity contribution in [1.82, 2.24) is 15.3 Å². The fourth-order valence-corrected chi connectivity index (χ4v) is 3.20. The molecule has 0 spiro atoms. The topological polar surface area (TPSA) is 64.1 Å². The number of nitrogens with zero attached hydrogens (tertiary/aromatic N) is 2. The number of benzene rings is 1. The maximum atomic E-state index is 11.7. The number of hydrogen-bond donors (Lipinski definition) is 1. The molecule has 0 radical (unpaired) electrons. The standard InChI is InChI=1S/C17H14ClN3O2S/c1-2-7-19-14(22)8-23-16-15-13(9-24-17(15)21-10-20-16)11-3-5-12(18)6-4-11/h2-6,9-10H,1,7-8H2,(H,19,22). The molecule has 0 aliphatic rings. The molecule has 1 aromatic carbocycles. The van der Waals surface area contributed by atoms with E-state index in [2.05, 4.69) is 21.9 Å². The van der Waals surface area contributed by atoms with Crippen LogP contribution in [0.2, 0.25) is 5.02 Å². The van der Waals surface area contributed by atoms with Crippen LogP contribution in [0.3, 0.4) is 0 Å². The van der Waals surface area contributed by atoms with E-state index in [9.17, 15) is 4.79 Å². The molecule has 0 fully saturated rings. The fraction of sp³-hybridized carbons (Fsp3) is 0.118. The number of fused-ring (bicyclic) bond motifs is 1. The summed E-state index contributed by atoms with van der Waals surface area (Å²) in [4.78, 5) is 21.0. The quantitative estimate of drug-likeness (QED) is 0.682.